The molecule has 0 aliphatic heterocycles. The second kappa shape index (κ2) is 5.99. The molecule has 1 aromatic carbocycles. The van der Waals surface area contributed by atoms with Crippen LogP contribution in [0.1, 0.15) is 10.4 Å². The molecule has 2 rings (SSSR count). The lowest BCUT2D eigenvalue weighted by molar-refractivity contribution is 0.594. The smallest absolute Gasteiger partial charge is 0.184 e. The Bertz CT molecular complexity index is 721. The van der Waals surface area contributed by atoms with E-state index in [2.05, 4.69) is 0 Å². The number of thiophene rings is 1. The van der Waals surface area contributed by atoms with Crippen molar-refractivity contribution in [1.82, 2.24) is 0 Å². The van der Waals surface area contributed by atoms with Crippen LogP contribution in [-0.4, -0.2) is 20.5 Å². The molecule has 0 aliphatic rings. The van der Waals surface area contributed by atoms with E-state index < -0.39 is 9.84 Å². The second-order valence-corrected chi connectivity index (χ2v) is 8.21. The standard InChI is InChI=1S/C13H14N2O2S3/c1-18-13-11(7-10(19-13)12(14)15)20(16,17)8-9-5-3-2-4-6-9/h2-7H,8H2,1H3,(H3,14,15). The van der Waals surface area contributed by atoms with Crippen LogP contribution < -0.4 is 5.73 Å². The number of hydrogen-bond acceptors (Lipinski definition) is 5. The average Bonchev–Trinajstić information content (AvgIpc) is 2.84. The minimum absolute atomic E-state index is 0.0462. The Kier molecular flexibility index (Phi) is 4.52. The van der Waals surface area contributed by atoms with E-state index in [0.717, 1.165) is 5.56 Å². The summed E-state index contributed by atoms with van der Waals surface area (Å²) in [5.41, 5.74) is 6.18. The maximum Gasteiger partial charge on any atom is 0.184 e. The summed E-state index contributed by atoms with van der Waals surface area (Å²) in [6.07, 6.45) is 1.82. The van der Waals surface area contributed by atoms with E-state index in [1.165, 1.54) is 29.2 Å². The van der Waals surface area contributed by atoms with E-state index in [-0.39, 0.29) is 16.5 Å². The molecule has 1 heterocycles. The summed E-state index contributed by atoms with van der Waals surface area (Å²) in [6.45, 7) is 0. The Morgan fingerprint density at radius 2 is 2.00 bits per heavy atom. The van der Waals surface area contributed by atoms with Gasteiger partial charge in [-0.05, 0) is 17.9 Å². The van der Waals surface area contributed by atoms with Crippen LogP contribution in [0.5, 0.6) is 0 Å². The number of hydrogen-bond donors (Lipinski definition) is 2. The van der Waals surface area contributed by atoms with Gasteiger partial charge in [-0.3, -0.25) is 5.41 Å². The van der Waals surface area contributed by atoms with Crippen molar-refractivity contribution < 1.29 is 8.42 Å². The summed E-state index contributed by atoms with van der Waals surface area (Å²) in [5, 5.41) is 7.43. The molecular formula is C13H14N2O2S3. The molecular weight excluding hydrogens is 312 g/mol. The largest absolute Gasteiger partial charge is 0.383 e. The number of benzene rings is 1. The first-order valence-electron chi connectivity index (χ1n) is 5.73. The number of thioether (sulfide) groups is 1. The van der Waals surface area contributed by atoms with Gasteiger partial charge in [-0.2, -0.15) is 0 Å². The summed E-state index contributed by atoms with van der Waals surface area (Å²) in [6, 6.07) is 10.5. The first kappa shape index (κ1) is 15.1. The first-order valence-corrected chi connectivity index (χ1v) is 9.42. The molecule has 0 aliphatic carbocycles. The number of nitrogen functional groups attached to an aromatic ring is 1. The fourth-order valence-electron chi connectivity index (χ4n) is 1.72. The van der Waals surface area contributed by atoms with Crippen LogP contribution >= 0.6 is 23.1 Å². The van der Waals surface area contributed by atoms with Crippen LogP contribution in [0.15, 0.2) is 45.5 Å². The molecule has 0 amide bonds. The predicted octanol–water partition coefficient (Wildman–Crippen LogP) is 2.73. The summed E-state index contributed by atoms with van der Waals surface area (Å²) in [7, 11) is -3.43. The molecule has 3 N–H and O–H groups in total. The Balaban J connectivity index is 2.41. The van der Waals surface area contributed by atoms with Crippen LogP contribution in [0.4, 0.5) is 0 Å². The van der Waals surface area contributed by atoms with Crippen LogP contribution in [0.2, 0.25) is 0 Å². The number of rotatable bonds is 5. The highest BCUT2D eigenvalue weighted by Gasteiger charge is 2.23. The van der Waals surface area contributed by atoms with Crippen molar-refractivity contribution in [2.45, 2.75) is 14.9 Å². The van der Waals surface area contributed by atoms with Gasteiger partial charge in [-0.1, -0.05) is 30.3 Å². The molecule has 0 unspecified atom stereocenters. The Morgan fingerprint density at radius 1 is 1.35 bits per heavy atom. The van der Waals surface area contributed by atoms with Gasteiger partial charge in [0.05, 0.1) is 19.7 Å². The van der Waals surface area contributed by atoms with Crippen molar-refractivity contribution >= 4 is 38.8 Å². The van der Waals surface area contributed by atoms with E-state index in [4.69, 9.17) is 11.1 Å². The zero-order valence-corrected chi connectivity index (χ0v) is 13.2. The normalized spacial score (nSPS) is 11.4. The molecule has 0 radical (unpaired) electrons. The minimum Gasteiger partial charge on any atom is -0.383 e. The maximum atomic E-state index is 12.5. The summed E-state index contributed by atoms with van der Waals surface area (Å²) in [5.74, 6) is -0.151. The number of nitrogens with one attached hydrogen (secondary N) is 1. The lowest BCUT2D eigenvalue weighted by Gasteiger charge is -2.04. The van der Waals surface area contributed by atoms with Gasteiger partial charge in [0.1, 0.15) is 5.84 Å². The van der Waals surface area contributed by atoms with E-state index in [1.54, 1.807) is 12.1 Å². The molecule has 7 heteroatoms. The summed E-state index contributed by atoms with van der Waals surface area (Å²) >= 11 is 2.60. The molecule has 0 fully saturated rings. The van der Waals surface area contributed by atoms with E-state index >= 15 is 0 Å². The quantitative estimate of drug-likeness (QED) is 0.503. The molecule has 106 valence electrons. The van der Waals surface area contributed by atoms with Crippen LogP contribution in [0, 0.1) is 5.41 Å². The average molecular weight is 326 g/mol. The number of nitrogens with two attached hydrogens (primary N) is 1. The second-order valence-electron chi connectivity index (χ2n) is 4.12. The number of sulfone groups is 1. The van der Waals surface area contributed by atoms with Gasteiger partial charge in [0.15, 0.2) is 9.84 Å². The van der Waals surface area contributed by atoms with Gasteiger partial charge in [0.25, 0.3) is 0 Å². The van der Waals surface area contributed by atoms with Gasteiger partial charge >= 0.3 is 0 Å². The molecule has 0 bridgehead atoms. The first-order chi connectivity index (χ1) is 9.44. The highest BCUT2D eigenvalue weighted by molar-refractivity contribution is 8.01. The van der Waals surface area contributed by atoms with Crippen molar-refractivity contribution in [3.05, 3.63) is 46.8 Å². The fraction of sp³-hybridized carbons (Fsp3) is 0.154. The van der Waals surface area contributed by atoms with Crippen molar-refractivity contribution in [3.63, 3.8) is 0 Å². The topological polar surface area (TPSA) is 84.0 Å². The highest BCUT2D eigenvalue weighted by Crippen LogP contribution is 2.35. The van der Waals surface area contributed by atoms with Crippen molar-refractivity contribution in [2.24, 2.45) is 5.73 Å². The molecule has 1 aromatic heterocycles. The van der Waals surface area contributed by atoms with Crippen LogP contribution in [-0.2, 0) is 15.6 Å². The zero-order chi connectivity index (χ0) is 14.8. The van der Waals surface area contributed by atoms with Crippen molar-refractivity contribution in [3.8, 4) is 0 Å². The van der Waals surface area contributed by atoms with Gasteiger partial charge < -0.3 is 5.73 Å². The third kappa shape index (κ3) is 3.23. The Hall–Kier alpha value is -1.31. The SMILES string of the molecule is CSc1sc(C(=N)N)cc1S(=O)(=O)Cc1ccccc1. The third-order valence-electron chi connectivity index (χ3n) is 2.65. The third-order valence-corrected chi connectivity index (χ3v) is 6.92. The van der Waals surface area contributed by atoms with Crippen molar-refractivity contribution in [2.75, 3.05) is 6.26 Å². The molecule has 2 aromatic rings. The van der Waals surface area contributed by atoms with E-state index in [1.807, 2.05) is 24.5 Å². The van der Waals surface area contributed by atoms with Gasteiger partial charge in [0, 0.05) is 0 Å². The maximum absolute atomic E-state index is 12.5. The molecule has 0 atom stereocenters. The number of amidine groups is 1. The summed E-state index contributed by atoms with van der Waals surface area (Å²) < 4.78 is 25.7. The lowest BCUT2D eigenvalue weighted by atomic mass is 10.2. The predicted molar refractivity (Wildman–Crippen MR) is 84.4 cm³/mol. The molecule has 0 spiro atoms. The monoisotopic (exact) mass is 326 g/mol. The molecule has 0 saturated carbocycles. The van der Waals surface area contributed by atoms with Gasteiger partial charge in [-0.15, -0.1) is 23.1 Å². The molecule has 20 heavy (non-hydrogen) atoms. The van der Waals surface area contributed by atoms with Crippen LogP contribution in [0.3, 0.4) is 0 Å². The van der Waals surface area contributed by atoms with Gasteiger partial charge in [-0.25, -0.2) is 8.42 Å². The zero-order valence-electron chi connectivity index (χ0n) is 10.8. The summed E-state index contributed by atoms with van der Waals surface area (Å²) in [4.78, 5) is 0.755. The molecule has 4 nitrogen and oxygen atoms in total. The van der Waals surface area contributed by atoms with Crippen molar-refractivity contribution in [1.29, 1.82) is 5.41 Å². The lowest BCUT2D eigenvalue weighted by Crippen LogP contribution is -2.09. The van der Waals surface area contributed by atoms with Gasteiger partial charge in [0.2, 0.25) is 0 Å². The fourth-order valence-corrected chi connectivity index (χ4v) is 5.78. The Morgan fingerprint density at radius 3 is 2.55 bits per heavy atom. The van der Waals surface area contributed by atoms with Crippen LogP contribution in [0.25, 0.3) is 0 Å². The minimum atomic E-state index is -3.43. The van der Waals surface area contributed by atoms with E-state index in [9.17, 15) is 8.42 Å². The Labute approximate surface area is 126 Å². The molecule has 0 saturated heterocycles. The van der Waals surface area contributed by atoms with E-state index in [0.29, 0.717) is 9.09 Å². The highest BCUT2D eigenvalue weighted by atomic mass is 32.2.